The van der Waals surface area contributed by atoms with E-state index >= 15 is 0 Å². The van der Waals surface area contributed by atoms with Crippen molar-refractivity contribution in [3.8, 4) is 0 Å². The molecule has 1 unspecified atom stereocenters. The fourth-order valence-electron chi connectivity index (χ4n) is 1.27. The summed E-state index contributed by atoms with van der Waals surface area (Å²) in [6.45, 7) is 6.13. The number of rotatable bonds is 3. The van der Waals surface area contributed by atoms with Crippen LogP contribution in [0.1, 0.15) is 37.5 Å². The van der Waals surface area contributed by atoms with Crippen LogP contribution in [0.4, 0.5) is 0 Å². The summed E-state index contributed by atoms with van der Waals surface area (Å²) >= 11 is 0. The Kier molecular flexibility index (Phi) is 3.90. The molecule has 0 fully saturated rings. The van der Waals surface area contributed by atoms with Crippen LogP contribution in [-0.4, -0.2) is 5.11 Å². The largest absolute Gasteiger partial charge is 0.388 e. The highest BCUT2D eigenvalue weighted by atomic mass is 16.3. The van der Waals surface area contributed by atoms with Crippen LogP contribution in [0.3, 0.4) is 0 Å². The average Bonchev–Trinajstić information content (AvgIpc) is 2.15. The van der Waals surface area contributed by atoms with Gasteiger partial charge in [0, 0.05) is 0 Å². The van der Waals surface area contributed by atoms with Gasteiger partial charge in [0.05, 0.1) is 6.10 Å². The first-order valence-corrected chi connectivity index (χ1v) is 4.97. The summed E-state index contributed by atoms with van der Waals surface area (Å²) in [6, 6.07) is 8.03. The van der Waals surface area contributed by atoms with Gasteiger partial charge in [0.2, 0.25) is 0 Å². The Bertz CT molecular complexity index is 305. The van der Waals surface area contributed by atoms with Gasteiger partial charge in [0.25, 0.3) is 0 Å². The molecule has 1 heteroatoms. The zero-order valence-electron chi connectivity index (χ0n) is 9.12. The van der Waals surface area contributed by atoms with Gasteiger partial charge >= 0.3 is 0 Å². The van der Waals surface area contributed by atoms with Gasteiger partial charge in [-0.2, -0.15) is 0 Å². The van der Waals surface area contributed by atoms with E-state index in [4.69, 9.17) is 0 Å². The molecule has 0 bridgehead atoms. The molecule has 0 saturated carbocycles. The highest BCUT2D eigenvalue weighted by Crippen LogP contribution is 2.18. The van der Waals surface area contributed by atoms with Crippen LogP contribution < -0.4 is 0 Å². The smallest absolute Gasteiger partial charge is 0.0824 e. The van der Waals surface area contributed by atoms with Crippen molar-refractivity contribution in [1.29, 1.82) is 0 Å². The second kappa shape index (κ2) is 4.97. The van der Waals surface area contributed by atoms with Crippen molar-refractivity contribution in [3.63, 3.8) is 0 Å². The van der Waals surface area contributed by atoms with E-state index in [0.29, 0.717) is 6.42 Å². The highest BCUT2D eigenvalue weighted by Gasteiger charge is 2.04. The van der Waals surface area contributed by atoms with E-state index in [-0.39, 0.29) is 6.10 Å². The number of allylic oxidation sites excluding steroid dienone is 1. The summed E-state index contributed by atoms with van der Waals surface area (Å²) in [6.07, 6.45) is 2.39. The van der Waals surface area contributed by atoms with Crippen molar-refractivity contribution in [2.24, 2.45) is 0 Å². The number of hydrogen-bond acceptors (Lipinski definition) is 1. The summed E-state index contributed by atoms with van der Waals surface area (Å²) in [4.78, 5) is 0. The highest BCUT2D eigenvalue weighted by molar-refractivity contribution is 5.23. The van der Waals surface area contributed by atoms with E-state index in [1.807, 2.05) is 45.0 Å². The Morgan fingerprint density at radius 3 is 2.36 bits per heavy atom. The SMILES string of the molecule is CC(C)=CCC(O)c1ccc(C)cc1. The maximum Gasteiger partial charge on any atom is 0.0824 e. The third kappa shape index (κ3) is 3.35. The summed E-state index contributed by atoms with van der Waals surface area (Å²) < 4.78 is 0. The minimum Gasteiger partial charge on any atom is -0.388 e. The minimum atomic E-state index is -0.370. The summed E-state index contributed by atoms with van der Waals surface area (Å²) in [7, 11) is 0. The molecule has 0 spiro atoms. The lowest BCUT2D eigenvalue weighted by molar-refractivity contribution is 0.181. The van der Waals surface area contributed by atoms with Crippen LogP contribution in [0, 0.1) is 6.92 Å². The molecule has 0 saturated heterocycles. The minimum absolute atomic E-state index is 0.370. The number of benzene rings is 1. The predicted molar refractivity (Wildman–Crippen MR) is 60.2 cm³/mol. The number of hydrogen-bond donors (Lipinski definition) is 1. The van der Waals surface area contributed by atoms with E-state index in [2.05, 4.69) is 6.08 Å². The molecule has 1 nitrogen and oxygen atoms in total. The first kappa shape index (κ1) is 11.0. The average molecular weight is 190 g/mol. The van der Waals surface area contributed by atoms with Gasteiger partial charge in [0.15, 0.2) is 0 Å². The van der Waals surface area contributed by atoms with Crippen molar-refractivity contribution in [1.82, 2.24) is 0 Å². The van der Waals surface area contributed by atoms with Gasteiger partial charge in [-0.25, -0.2) is 0 Å². The molecule has 14 heavy (non-hydrogen) atoms. The van der Waals surface area contributed by atoms with Crippen molar-refractivity contribution >= 4 is 0 Å². The normalized spacial score (nSPS) is 12.3. The second-order valence-electron chi connectivity index (χ2n) is 3.94. The van der Waals surface area contributed by atoms with Gasteiger partial charge in [0.1, 0.15) is 0 Å². The zero-order valence-corrected chi connectivity index (χ0v) is 9.12. The Morgan fingerprint density at radius 1 is 1.29 bits per heavy atom. The van der Waals surface area contributed by atoms with Crippen molar-refractivity contribution in [2.45, 2.75) is 33.3 Å². The number of aliphatic hydroxyl groups is 1. The zero-order chi connectivity index (χ0) is 10.6. The molecule has 1 aromatic rings. The van der Waals surface area contributed by atoms with Gasteiger partial charge in [-0.1, -0.05) is 41.5 Å². The molecule has 0 aliphatic heterocycles. The fourth-order valence-corrected chi connectivity index (χ4v) is 1.27. The van der Waals surface area contributed by atoms with Gasteiger partial charge in [-0.05, 0) is 32.8 Å². The van der Waals surface area contributed by atoms with Gasteiger partial charge in [-0.3, -0.25) is 0 Å². The van der Waals surface area contributed by atoms with E-state index < -0.39 is 0 Å². The molecule has 1 aromatic carbocycles. The van der Waals surface area contributed by atoms with Crippen molar-refractivity contribution in [2.75, 3.05) is 0 Å². The van der Waals surface area contributed by atoms with Crippen LogP contribution in [0.2, 0.25) is 0 Å². The van der Waals surface area contributed by atoms with Crippen molar-refractivity contribution < 1.29 is 5.11 Å². The lowest BCUT2D eigenvalue weighted by atomic mass is 10.0. The van der Waals surface area contributed by atoms with Gasteiger partial charge < -0.3 is 5.11 Å². The van der Waals surface area contributed by atoms with Crippen LogP contribution >= 0.6 is 0 Å². The molecular weight excluding hydrogens is 172 g/mol. The van der Waals surface area contributed by atoms with E-state index in [1.165, 1.54) is 11.1 Å². The lowest BCUT2D eigenvalue weighted by Crippen LogP contribution is -1.95. The number of aliphatic hydroxyl groups excluding tert-OH is 1. The number of aryl methyl sites for hydroxylation is 1. The van der Waals surface area contributed by atoms with Crippen LogP contribution in [0.15, 0.2) is 35.9 Å². The molecule has 76 valence electrons. The second-order valence-corrected chi connectivity index (χ2v) is 3.94. The predicted octanol–water partition coefficient (Wildman–Crippen LogP) is 3.38. The van der Waals surface area contributed by atoms with Crippen LogP contribution in [0.5, 0.6) is 0 Å². The molecule has 0 aliphatic carbocycles. The van der Waals surface area contributed by atoms with Crippen LogP contribution in [0.25, 0.3) is 0 Å². The standard InChI is InChI=1S/C13H18O/c1-10(2)4-9-13(14)12-7-5-11(3)6-8-12/h4-8,13-14H,9H2,1-3H3. The Hall–Kier alpha value is -1.08. The summed E-state index contributed by atoms with van der Waals surface area (Å²) in [5.41, 5.74) is 3.47. The Morgan fingerprint density at radius 2 is 1.86 bits per heavy atom. The topological polar surface area (TPSA) is 20.2 Å². The maximum absolute atomic E-state index is 9.82. The molecule has 1 N–H and O–H groups in total. The van der Waals surface area contributed by atoms with Crippen LogP contribution in [-0.2, 0) is 0 Å². The Balaban J connectivity index is 2.65. The van der Waals surface area contributed by atoms with Crippen molar-refractivity contribution in [3.05, 3.63) is 47.0 Å². The monoisotopic (exact) mass is 190 g/mol. The molecule has 1 atom stereocenters. The Labute approximate surface area is 86.1 Å². The molecule has 0 aromatic heterocycles. The van der Waals surface area contributed by atoms with Gasteiger partial charge in [-0.15, -0.1) is 0 Å². The molecule has 0 amide bonds. The van der Waals surface area contributed by atoms with E-state index in [1.54, 1.807) is 0 Å². The molecule has 1 rings (SSSR count). The third-order valence-corrected chi connectivity index (χ3v) is 2.21. The molecule has 0 heterocycles. The summed E-state index contributed by atoms with van der Waals surface area (Å²) in [5.74, 6) is 0. The lowest BCUT2D eigenvalue weighted by Gasteiger charge is -2.08. The quantitative estimate of drug-likeness (QED) is 0.724. The molecule has 0 radical (unpaired) electrons. The third-order valence-electron chi connectivity index (χ3n) is 2.21. The van der Waals surface area contributed by atoms with E-state index in [9.17, 15) is 5.11 Å². The summed E-state index contributed by atoms with van der Waals surface area (Å²) in [5, 5.41) is 9.82. The first-order valence-electron chi connectivity index (χ1n) is 4.97. The molecule has 0 aliphatic rings. The first-order chi connectivity index (χ1) is 6.59. The fraction of sp³-hybridized carbons (Fsp3) is 0.385. The molecular formula is C13H18O. The maximum atomic E-state index is 9.82. The van der Waals surface area contributed by atoms with E-state index in [0.717, 1.165) is 5.56 Å².